The predicted molar refractivity (Wildman–Crippen MR) is 65.6 cm³/mol. The molecule has 1 rings (SSSR count). The maximum absolute atomic E-state index is 11.8. The second-order valence-electron chi connectivity index (χ2n) is 3.79. The number of ether oxygens (including phenoxy) is 1. The monoisotopic (exact) mass is 222 g/mol. The van der Waals surface area contributed by atoms with Crippen molar-refractivity contribution in [2.75, 3.05) is 17.6 Å². The number of carbonyl (C=O) groups excluding carboxylic acids is 1. The Kier molecular flexibility index (Phi) is 4.17. The Morgan fingerprint density at radius 3 is 2.75 bits per heavy atom. The highest BCUT2D eigenvalue weighted by Gasteiger charge is 2.14. The molecule has 0 heterocycles. The van der Waals surface area contributed by atoms with Crippen molar-refractivity contribution in [2.45, 2.75) is 26.9 Å². The van der Waals surface area contributed by atoms with Crippen LogP contribution in [0.2, 0.25) is 0 Å². The average Bonchev–Trinajstić information content (AvgIpc) is 2.20. The van der Waals surface area contributed by atoms with Crippen LogP contribution in [0.15, 0.2) is 18.2 Å². The first-order valence-corrected chi connectivity index (χ1v) is 5.39. The van der Waals surface area contributed by atoms with Crippen LogP contribution in [-0.2, 0) is 4.74 Å². The fraction of sp³-hybridized carbons (Fsp3) is 0.417. The number of nitrogens with two attached hydrogens (primary N) is 1. The van der Waals surface area contributed by atoms with Gasteiger partial charge in [0.2, 0.25) is 0 Å². The van der Waals surface area contributed by atoms with Crippen molar-refractivity contribution >= 4 is 17.3 Å². The molecule has 1 aromatic rings. The van der Waals surface area contributed by atoms with Gasteiger partial charge in [-0.25, -0.2) is 4.79 Å². The molecule has 0 aromatic heterocycles. The molecule has 0 spiro atoms. The molecule has 0 saturated carbocycles. The molecular formula is C12H18N2O2. The van der Waals surface area contributed by atoms with Crippen LogP contribution in [0.25, 0.3) is 0 Å². The van der Waals surface area contributed by atoms with Gasteiger partial charge in [-0.05, 0) is 39.0 Å². The van der Waals surface area contributed by atoms with Gasteiger partial charge < -0.3 is 15.8 Å². The number of hydrogen-bond acceptors (Lipinski definition) is 4. The van der Waals surface area contributed by atoms with Crippen LogP contribution < -0.4 is 11.1 Å². The SMILES string of the molecule is CCNc1ccc(N)cc1C(=O)OC(C)C. The fourth-order valence-corrected chi connectivity index (χ4v) is 1.35. The van der Waals surface area contributed by atoms with Gasteiger partial charge in [-0.3, -0.25) is 0 Å². The minimum atomic E-state index is -0.349. The smallest absolute Gasteiger partial charge is 0.340 e. The Hall–Kier alpha value is -1.71. The van der Waals surface area contributed by atoms with Crippen LogP contribution in [0.5, 0.6) is 0 Å². The van der Waals surface area contributed by atoms with Gasteiger partial charge in [-0.15, -0.1) is 0 Å². The van der Waals surface area contributed by atoms with Crippen LogP contribution in [0, 0.1) is 0 Å². The van der Waals surface area contributed by atoms with Gasteiger partial charge in [-0.2, -0.15) is 0 Å². The third kappa shape index (κ3) is 3.15. The molecule has 16 heavy (non-hydrogen) atoms. The summed E-state index contributed by atoms with van der Waals surface area (Å²) in [6.45, 7) is 6.34. The molecule has 0 fully saturated rings. The Balaban J connectivity index is 2.99. The van der Waals surface area contributed by atoms with E-state index in [1.165, 1.54) is 0 Å². The molecule has 0 amide bonds. The molecular weight excluding hydrogens is 204 g/mol. The molecule has 3 N–H and O–H groups in total. The normalized spacial score (nSPS) is 10.2. The largest absolute Gasteiger partial charge is 0.459 e. The van der Waals surface area contributed by atoms with E-state index < -0.39 is 0 Å². The third-order valence-electron chi connectivity index (χ3n) is 1.97. The Labute approximate surface area is 95.8 Å². The van der Waals surface area contributed by atoms with Crippen LogP contribution in [0.3, 0.4) is 0 Å². The van der Waals surface area contributed by atoms with Crippen molar-refractivity contribution in [3.8, 4) is 0 Å². The molecule has 0 atom stereocenters. The molecule has 1 aromatic carbocycles. The summed E-state index contributed by atoms with van der Waals surface area (Å²) in [6, 6.07) is 5.17. The van der Waals surface area contributed by atoms with E-state index in [2.05, 4.69) is 5.32 Å². The van der Waals surface area contributed by atoms with Crippen LogP contribution >= 0.6 is 0 Å². The topological polar surface area (TPSA) is 64.3 Å². The van der Waals surface area contributed by atoms with Crippen molar-refractivity contribution in [2.24, 2.45) is 0 Å². The van der Waals surface area contributed by atoms with Crippen molar-refractivity contribution in [3.63, 3.8) is 0 Å². The van der Waals surface area contributed by atoms with Crippen LogP contribution in [0.1, 0.15) is 31.1 Å². The molecule has 4 heteroatoms. The molecule has 0 aliphatic rings. The zero-order chi connectivity index (χ0) is 12.1. The van der Waals surface area contributed by atoms with E-state index in [0.717, 1.165) is 12.2 Å². The lowest BCUT2D eigenvalue weighted by Crippen LogP contribution is -2.14. The highest BCUT2D eigenvalue weighted by molar-refractivity contribution is 5.96. The van der Waals surface area contributed by atoms with E-state index in [9.17, 15) is 4.79 Å². The second-order valence-corrected chi connectivity index (χ2v) is 3.79. The van der Waals surface area contributed by atoms with E-state index in [-0.39, 0.29) is 12.1 Å². The number of rotatable bonds is 4. The van der Waals surface area contributed by atoms with Crippen LogP contribution in [-0.4, -0.2) is 18.6 Å². The van der Waals surface area contributed by atoms with Gasteiger partial charge in [0.25, 0.3) is 0 Å². The number of esters is 1. The lowest BCUT2D eigenvalue weighted by Gasteiger charge is -2.13. The molecule has 88 valence electrons. The van der Waals surface area contributed by atoms with Crippen molar-refractivity contribution in [3.05, 3.63) is 23.8 Å². The molecule has 0 radical (unpaired) electrons. The average molecular weight is 222 g/mol. The van der Waals surface area contributed by atoms with Gasteiger partial charge in [0.05, 0.1) is 11.7 Å². The third-order valence-corrected chi connectivity index (χ3v) is 1.97. The highest BCUT2D eigenvalue weighted by Crippen LogP contribution is 2.20. The molecule has 0 bridgehead atoms. The summed E-state index contributed by atoms with van der Waals surface area (Å²) in [4.78, 5) is 11.8. The number of nitrogens with one attached hydrogen (secondary N) is 1. The maximum atomic E-state index is 11.8. The molecule has 0 saturated heterocycles. The van der Waals surface area contributed by atoms with E-state index in [0.29, 0.717) is 11.3 Å². The Bertz CT molecular complexity index is 375. The predicted octanol–water partition coefficient (Wildman–Crippen LogP) is 2.27. The Morgan fingerprint density at radius 2 is 2.19 bits per heavy atom. The summed E-state index contributed by atoms with van der Waals surface area (Å²) in [6.07, 6.45) is -0.136. The maximum Gasteiger partial charge on any atom is 0.340 e. The van der Waals surface area contributed by atoms with Gasteiger partial charge in [0.1, 0.15) is 0 Å². The number of carbonyl (C=O) groups is 1. The zero-order valence-corrected chi connectivity index (χ0v) is 9.91. The fourth-order valence-electron chi connectivity index (χ4n) is 1.35. The zero-order valence-electron chi connectivity index (χ0n) is 9.91. The summed E-state index contributed by atoms with van der Waals surface area (Å²) < 4.78 is 5.14. The summed E-state index contributed by atoms with van der Waals surface area (Å²) in [5, 5.41) is 3.10. The molecule has 0 unspecified atom stereocenters. The Morgan fingerprint density at radius 1 is 1.50 bits per heavy atom. The highest BCUT2D eigenvalue weighted by atomic mass is 16.5. The summed E-state index contributed by atoms with van der Waals surface area (Å²) in [5.41, 5.74) is 7.44. The first-order chi connectivity index (χ1) is 7.54. The van der Waals surface area contributed by atoms with Gasteiger partial charge in [0.15, 0.2) is 0 Å². The lowest BCUT2D eigenvalue weighted by molar-refractivity contribution is 0.0379. The number of nitrogen functional groups attached to an aromatic ring is 1. The van der Waals surface area contributed by atoms with Gasteiger partial charge >= 0.3 is 5.97 Å². The standard InChI is InChI=1S/C12H18N2O2/c1-4-14-11-6-5-9(13)7-10(11)12(15)16-8(2)3/h5-8,14H,4,13H2,1-3H3. The molecule has 4 nitrogen and oxygen atoms in total. The van der Waals surface area contributed by atoms with E-state index >= 15 is 0 Å². The minimum Gasteiger partial charge on any atom is -0.459 e. The van der Waals surface area contributed by atoms with E-state index in [4.69, 9.17) is 10.5 Å². The number of hydrogen-bond donors (Lipinski definition) is 2. The van der Waals surface area contributed by atoms with Gasteiger partial charge in [-0.1, -0.05) is 0 Å². The van der Waals surface area contributed by atoms with Crippen molar-refractivity contribution < 1.29 is 9.53 Å². The summed E-state index contributed by atoms with van der Waals surface area (Å²) in [7, 11) is 0. The number of anilines is 2. The van der Waals surface area contributed by atoms with Gasteiger partial charge in [0, 0.05) is 17.9 Å². The molecule has 0 aliphatic carbocycles. The summed E-state index contributed by atoms with van der Waals surface area (Å²) >= 11 is 0. The molecule has 0 aliphatic heterocycles. The minimum absolute atomic E-state index is 0.136. The van der Waals surface area contributed by atoms with E-state index in [1.54, 1.807) is 18.2 Å². The van der Waals surface area contributed by atoms with Crippen LogP contribution in [0.4, 0.5) is 11.4 Å². The second kappa shape index (κ2) is 5.39. The number of benzene rings is 1. The summed E-state index contributed by atoms with van der Waals surface area (Å²) in [5.74, 6) is -0.349. The van der Waals surface area contributed by atoms with Crippen molar-refractivity contribution in [1.29, 1.82) is 0 Å². The first-order valence-electron chi connectivity index (χ1n) is 5.39. The first kappa shape index (κ1) is 12.4. The quantitative estimate of drug-likeness (QED) is 0.606. The van der Waals surface area contributed by atoms with E-state index in [1.807, 2.05) is 20.8 Å². The lowest BCUT2D eigenvalue weighted by atomic mass is 10.1. The van der Waals surface area contributed by atoms with Crippen molar-refractivity contribution in [1.82, 2.24) is 0 Å².